The van der Waals surface area contributed by atoms with Crippen LogP contribution in [-0.4, -0.2) is 118 Å². The van der Waals surface area contributed by atoms with E-state index in [1.54, 1.807) is 11.6 Å². The lowest BCUT2D eigenvalue weighted by molar-refractivity contribution is -0.137. The fourth-order valence-electron chi connectivity index (χ4n) is 8.54. The maximum absolute atomic E-state index is 13.2. The number of fused-ring (bicyclic) bond motifs is 6. The number of carbonyl (C=O) groups is 3. The Hall–Kier alpha value is -5.88. The van der Waals surface area contributed by atoms with Crippen LogP contribution in [0, 0.1) is 0 Å². The summed E-state index contributed by atoms with van der Waals surface area (Å²) in [6.07, 6.45) is 4.06. The van der Waals surface area contributed by atoms with Crippen molar-refractivity contribution in [1.82, 2.24) is 34.6 Å². The van der Waals surface area contributed by atoms with E-state index in [0.717, 1.165) is 54.7 Å². The average molecular weight is 834 g/mol. The topological polar surface area (TPSA) is 185 Å². The van der Waals surface area contributed by atoms with Crippen molar-refractivity contribution < 1.29 is 29.0 Å². The van der Waals surface area contributed by atoms with Crippen molar-refractivity contribution in [3.05, 3.63) is 81.8 Å². The summed E-state index contributed by atoms with van der Waals surface area (Å²) in [6.45, 7) is 6.02. The Bertz CT molecular complexity index is 2680. The van der Waals surface area contributed by atoms with E-state index >= 15 is 0 Å². The number of benzene rings is 2. The second-order valence-electron chi connectivity index (χ2n) is 15.6. The zero-order valence-electron chi connectivity index (χ0n) is 33.5. The van der Waals surface area contributed by atoms with Gasteiger partial charge >= 0.3 is 5.69 Å². The van der Waals surface area contributed by atoms with Gasteiger partial charge in [0.15, 0.2) is 0 Å². The number of imidazole rings is 1. The number of hydrogen-bond donors (Lipinski definition) is 4. The number of anilines is 2. The lowest BCUT2D eigenvalue weighted by atomic mass is 10.0. The van der Waals surface area contributed by atoms with Crippen molar-refractivity contribution in [1.29, 1.82) is 0 Å². The van der Waals surface area contributed by atoms with Crippen LogP contribution < -0.4 is 26.5 Å². The van der Waals surface area contributed by atoms with Crippen LogP contribution >= 0.6 is 11.3 Å². The quantitative estimate of drug-likeness (QED) is 0.140. The van der Waals surface area contributed by atoms with E-state index in [2.05, 4.69) is 38.0 Å². The van der Waals surface area contributed by atoms with E-state index in [0.29, 0.717) is 75.6 Å². The standard InChI is InChI=1S/C43H47N9O7S/c1-25-21-45-38-37-29-6-7-30(47-31(29)8-10-34(37)60-40(38)42(56)46-25)27-20-28(23-44-22-27)50-13-15-51(16-14-50)36(54)24-59-19-18-58-17-12-26-4-3-5-32-39(26)49(2)43(57)52(32)33-9-11-35(53)48-41(33)55/h3-8,10,20,22-23,25,33,35,45,53H,9,11-19,21,24H2,1-2H3,(H,46,56)(H,48,55)/t25-,33?,35?/m1/s1. The van der Waals surface area contributed by atoms with Crippen LogP contribution in [0.15, 0.2) is 65.7 Å². The number of aliphatic hydroxyl groups excluding tert-OH is 1. The van der Waals surface area contributed by atoms with Crippen molar-refractivity contribution in [2.75, 3.05) is 69.4 Å². The SMILES string of the molecule is C[C@@H]1CNc2c(sc3ccc4nc(-c5cncc(N6CCN(C(=O)COCCOCCc7cccc8c7n(C)c(=O)n8C7CCC(O)NC7=O)CC6)c5)ccc4c23)C(=O)N1. The number of amides is 3. The van der Waals surface area contributed by atoms with E-state index < -0.39 is 12.3 Å². The van der Waals surface area contributed by atoms with Gasteiger partial charge in [0.2, 0.25) is 11.8 Å². The molecular formula is C43H47N9O7S. The molecule has 2 fully saturated rings. The molecule has 3 atom stereocenters. The molecule has 3 amide bonds. The molecule has 6 aromatic rings. The van der Waals surface area contributed by atoms with E-state index in [1.807, 2.05) is 60.6 Å². The van der Waals surface area contributed by atoms with Crippen LogP contribution in [-0.2, 0) is 32.5 Å². The van der Waals surface area contributed by atoms with Crippen LogP contribution in [0.4, 0.5) is 11.4 Å². The van der Waals surface area contributed by atoms with Gasteiger partial charge in [-0.05, 0) is 68.1 Å². The molecule has 60 heavy (non-hydrogen) atoms. The van der Waals surface area contributed by atoms with Crippen molar-refractivity contribution in [2.24, 2.45) is 7.05 Å². The fraction of sp³-hybridized carbons (Fsp3) is 0.395. The number of hydrogen-bond acceptors (Lipinski definition) is 12. The molecule has 2 saturated heterocycles. The lowest BCUT2D eigenvalue weighted by Gasteiger charge is -2.36. The molecule has 16 nitrogen and oxygen atoms in total. The zero-order chi connectivity index (χ0) is 41.5. The number of para-hydroxylation sites is 1. The number of piperazine rings is 1. The number of aryl methyl sites for hydroxylation is 1. The highest BCUT2D eigenvalue weighted by atomic mass is 32.1. The minimum absolute atomic E-state index is 0.0301. The predicted octanol–water partition coefficient (Wildman–Crippen LogP) is 3.40. The highest BCUT2D eigenvalue weighted by Gasteiger charge is 2.32. The van der Waals surface area contributed by atoms with Crippen molar-refractivity contribution in [2.45, 2.75) is 44.5 Å². The molecule has 0 aliphatic carbocycles. The molecule has 2 unspecified atom stereocenters. The number of carbonyl (C=O) groups excluding carboxylic acids is 3. The summed E-state index contributed by atoms with van der Waals surface area (Å²) >= 11 is 1.49. The van der Waals surface area contributed by atoms with Crippen molar-refractivity contribution in [3.8, 4) is 11.3 Å². The smallest absolute Gasteiger partial charge is 0.329 e. The lowest BCUT2D eigenvalue weighted by Crippen LogP contribution is -2.49. The first-order valence-corrected chi connectivity index (χ1v) is 21.2. The van der Waals surface area contributed by atoms with Gasteiger partial charge in [0.1, 0.15) is 23.8 Å². The number of piperidine rings is 1. The Balaban J connectivity index is 0.746. The Morgan fingerprint density at radius 2 is 1.80 bits per heavy atom. The molecule has 4 N–H and O–H groups in total. The molecular weight excluding hydrogens is 787 g/mol. The average Bonchev–Trinajstić information content (AvgIpc) is 3.71. The normalized spacial score (nSPS) is 19.6. The molecule has 3 aliphatic rings. The third kappa shape index (κ3) is 7.57. The van der Waals surface area contributed by atoms with Gasteiger partial charge in [0, 0.05) is 73.0 Å². The first-order chi connectivity index (χ1) is 29.1. The number of ether oxygens (including phenoxy) is 2. The van der Waals surface area contributed by atoms with Gasteiger partial charge in [-0.15, -0.1) is 11.3 Å². The van der Waals surface area contributed by atoms with E-state index in [4.69, 9.17) is 14.5 Å². The molecule has 0 radical (unpaired) electrons. The summed E-state index contributed by atoms with van der Waals surface area (Å²) in [5.74, 6) is -0.484. The summed E-state index contributed by atoms with van der Waals surface area (Å²) in [5, 5.41) is 20.9. The highest BCUT2D eigenvalue weighted by Crippen LogP contribution is 2.41. The fourth-order valence-corrected chi connectivity index (χ4v) is 9.64. The summed E-state index contributed by atoms with van der Waals surface area (Å²) in [6, 6.07) is 15.2. The van der Waals surface area contributed by atoms with Crippen molar-refractivity contribution >= 4 is 72.5 Å². The van der Waals surface area contributed by atoms with Gasteiger partial charge in [0.05, 0.1) is 59.6 Å². The van der Waals surface area contributed by atoms with Gasteiger partial charge in [0.25, 0.3) is 5.91 Å². The number of aromatic nitrogens is 4. The third-order valence-corrected chi connectivity index (χ3v) is 12.8. The van der Waals surface area contributed by atoms with Crippen LogP contribution in [0.25, 0.3) is 43.3 Å². The minimum atomic E-state index is -0.896. The number of thiophene rings is 1. The summed E-state index contributed by atoms with van der Waals surface area (Å²) in [7, 11) is 1.70. The van der Waals surface area contributed by atoms with Crippen molar-refractivity contribution in [3.63, 3.8) is 0 Å². The summed E-state index contributed by atoms with van der Waals surface area (Å²) < 4.78 is 15.6. The first-order valence-electron chi connectivity index (χ1n) is 20.4. The second kappa shape index (κ2) is 16.6. The molecule has 0 spiro atoms. The predicted molar refractivity (Wildman–Crippen MR) is 230 cm³/mol. The molecule has 0 saturated carbocycles. The van der Waals surface area contributed by atoms with E-state index in [9.17, 15) is 24.3 Å². The number of rotatable bonds is 11. The maximum Gasteiger partial charge on any atom is 0.329 e. The molecule has 9 rings (SSSR count). The van der Waals surface area contributed by atoms with Gasteiger partial charge in [-0.1, -0.05) is 12.1 Å². The van der Waals surface area contributed by atoms with E-state index in [1.165, 1.54) is 15.9 Å². The molecule has 4 aromatic heterocycles. The summed E-state index contributed by atoms with van der Waals surface area (Å²) in [5.41, 5.74) is 6.44. The van der Waals surface area contributed by atoms with E-state index in [-0.39, 0.29) is 42.7 Å². The molecule has 0 bridgehead atoms. The van der Waals surface area contributed by atoms with Gasteiger partial charge in [-0.3, -0.25) is 28.5 Å². The Morgan fingerprint density at radius 3 is 2.63 bits per heavy atom. The van der Waals surface area contributed by atoms with Crippen LogP contribution in [0.1, 0.15) is 41.0 Å². The molecule has 17 heteroatoms. The third-order valence-electron chi connectivity index (χ3n) is 11.6. The highest BCUT2D eigenvalue weighted by molar-refractivity contribution is 7.21. The van der Waals surface area contributed by atoms with Crippen LogP contribution in [0.3, 0.4) is 0 Å². The molecule has 312 valence electrons. The monoisotopic (exact) mass is 833 g/mol. The Morgan fingerprint density at radius 1 is 0.967 bits per heavy atom. The van der Waals surface area contributed by atoms with Gasteiger partial charge in [-0.25, -0.2) is 9.78 Å². The Kier molecular flexibility index (Phi) is 11.0. The minimum Gasteiger partial charge on any atom is -0.381 e. The summed E-state index contributed by atoms with van der Waals surface area (Å²) in [4.78, 5) is 66.0. The second-order valence-corrected chi connectivity index (χ2v) is 16.6. The number of nitrogens with zero attached hydrogens (tertiary/aromatic N) is 6. The van der Waals surface area contributed by atoms with Gasteiger partial charge in [-0.2, -0.15) is 0 Å². The van der Waals surface area contributed by atoms with Crippen LogP contribution in [0.2, 0.25) is 0 Å². The molecule has 2 aromatic carbocycles. The van der Waals surface area contributed by atoms with Gasteiger partial charge < -0.3 is 40.3 Å². The number of nitrogens with one attached hydrogen (secondary N) is 3. The number of aliphatic hydroxyl groups is 1. The van der Waals surface area contributed by atoms with Crippen LogP contribution in [0.5, 0.6) is 0 Å². The molecule has 3 aliphatic heterocycles. The maximum atomic E-state index is 13.2. The Labute approximate surface area is 349 Å². The largest absolute Gasteiger partial charge is 0.381 e. The number of pyridine rings is 2. The zero-order valence-corrected chi connectivity index (χ0v) is 34.3. The molecule has 7 heterocycles. The first kappa shape index (κ1) is 39.6.